The fraction of sp³-hybridized carbons (Fsp3) is 0.647. The molecule has 2 fully saturated rings. The molecule has 2 N–H and O–H groups in total. The highest BCUT2D eigenvalue weighted by atomic mass is 15.1. The molecule has 1 aromatic carbocycles. The van der Waals surface area contributed by atoms with Crippen LogP contribution < -0.4 is 5.73 Å². The summed E-state index contributed by atoms with van der Waals surface area (Å²) in [7, 11) is 0. The number of hydrogen-bond donors (Lipinski definition) is 1. The minimum absolute atomic E-state index is 0.449. The van der Waals surface area contributed by atoms with E-state index in [4.69, 9.17) is 5.73 Å². The SMILES string of the molecule is NC1CCCCC1CN1CCC(c2ccccc2)C1. The van der Waals surface area contributed by atoms with Crippen LogP contribution in [-0.4, -0.2) is 30.6 Å². The molecular formula is C17H26N2. The molecule has 19 heavy (non-hydrogen) atoms. The Morgan fingerprint density at radius 3 is 2.63 bits per heavy atom. The molecule has 1 saturated heterocycles. The Hall–Kier alpha value is -0.860. The largest absolute Gasteiger partial charge is 0.327 e. The van der Waals surface area contributed by atoms with E-state index in [0.29, 0.717) is 6.04 Å². The van der Waals surface area contributed by atoms with Crippen molar-refractivity contribution in [2.75, 3.05) is 19.6 Å². The Morgan fingerprint density at radius 2 is 1.84 bits per heavy atom. The van der Waals surface area contributed by atoms with Gasteiger partial charge in [0.1, 0.15) is 0 Å². The molecule has 0 aromatic heterocycles. The maximum Gasteiger partial charge on any atom is 0.00793 e. The van der Waals surface area contributed by atoms with E-state index in [9.17, 15) is 0 Å². The summed E-state index contributed by atoms with van der Waals surface area (Å²) in [6, 6.07) is 11.4. The third-order valence-electron chi connectivity index (χ3n) is 5.00. The van der Waals surface area contributed by atoms with Gasteiger partial charge in [0.25, 0.3) is 0 Å². The van der Waals surface area contributed by atoms with Crippen molar-refractivity contribution in [1.82, 2.24) is 4.90 Å². The van der Waals surface area contributed by atoms with Gasteiger partial charge in [-0.25, -0.2) is 0 Å². The number of likely N-dealkylation sites (tertiary alicyclic amines) is 1. The van der Waals surface area contributed by atoms with Crippen LogP contribution in [0, 0.1) is 5.92 Å². The standard InChI is InChI=1S/C17H26N2/c18-17-9-5-4-8-16(17)13-19-11-10-15(12-19)14-6-2-1-3-7-14/h1-3,6-7,15-17H,4-5,8-13,18H2. The molecular weight excluding hydrogens is 232 g/mol. The molecule has 104 valence electrons. The lowest BCUT2D eigenvalue weighted by molar-refractivity contribution is 0.209. The molecule has 0 bridgehead atoms. The quantitative estimate of drug-likeness (QED) is 0.903. The third kappa shape index (κ3) is 3.18. The number of rotatable bonds is 3. The fourth-order valence-electron chi connectivity index (χ4n) is 3.79. The highest BCUT2D eigenvalue weighted by Gasteiger charge is 2.28. The van der Waals surface area contributed by atoms with Gasteiger partial charge in [-0.05, 0) is 43.2 Å². The van der Waals surface area contributed by atoms with Gasteiger partial charge in [0, 0.05) is 19.1 Å². The normalized spacial score (nSPS) is 32.6. The first-order valence-corrected chi connectivity index (χ1v) is 7.86. The lowest BCUT2D eigenvalue weighted by Crippen LogP contribution is -2.40. The van der Waals surface area contributed by atoms with Crippen LogP contribution in [0.5, 0.6) is 0 Å². The second-order valence-corrected chi connectivity index (χ2v) is 6.36. The Balaban J connectivity index is 1.54. The minimum atomic E-state index is 0.449. The van der Waals surface area contributed by atoms with Gasteiger partial charge >= 0.3 is 0 Å². The van der Waals surface area contributed by atoms with Gasteiger partial charge in [0.2, 0.25) is 0 Å². The molecule has 3 rings (SSSR count). The summed E-state index contributed by atoms with van der Waals surface area (Å²) in [5.41, 5.74) is 7.79. The number of nitrogens with zero attached hydrogens (tertiary/aromatic N) is 1. The molecule has 0 spiro atoms. The average molecular weight is 258 g/mol. The number of hydrogen-bond acceptors (Lipinski definition) is 2. The molecule has 0 radical (unpaired) electrons. The van der Waals surface area contributed by atoms with Crippen molar-refractivity contribution in [2.45, 2.75) is 44.1 Å². The summed E-state index contributed by atoms with van der Waals surface area (Å²) in [4.78, 5) is 2.65. The Morgan fingerprint density at radius 1 is 1.05 bits per heavy atom. The summed E-state index contributed by atoms with van der Waals surface area (Å²) >= 11 is 0. The summed E-state index contributed by atoms with van der Waals surface area (Å²) in [5.74, 6) is 1.48. The van der Waals surface area contributed by atoms with Crippen LogP contribution in [0.3, 0.4) is 0 Å². The number of nitrogens with two attached hydrogens (primary N) is 1. The highest BCUT2D eigenvalue weighted by molar-refractivity contribution is 5.21. The van der Waals surface area contributed by atoms with Gasteiger partial charge in [-0.3, -0.25) is 0 Å². The number of benzene rings is 1. The van der Waals surface area contributed by atoms with Gasteiger partial charge in [0.05, 0.1) is 0 Å². The summed E-state index contributed by atoms with van der Waals surface area (Å²) in [6.45, 7) is 3.71. The predicted octanol–water partition coefficient (Wildman–Crippen LogP) is 2.99. The first-order chi connectivity index (χ1) is 9.33. The maximum absolute atomic E-state index is 6.28. The molecule has 1 aromatic rings. The molecule has 1 heterocycles. The van der Waals surface area contributed by atoms with Gasteiger partial charge in [0.15, 0.2) is 0 Å². The van der Waals surface area contributed by atoms with Crippen molar-refractivity contribution in [3.05, 3.63) is 35.9 Å². The van der Waals surface area contributed by atoms with Crippen LogP contribution in [0.4, 0.5) is 0 Å². The van der Waals surface area contributed by atoms with Crippen molar-refractivity contribution in [3.63, 3.8) is 0 Å². The molecule has 2 heteroatoms. The van der Waals surface area contributed by atoms with E-state index in [1.54, 1.807) is 0 Å². The van der Waals surface area contributed by atoms with Crippen LogP contribution in [0.25, 0.3) is 0 Å². The van der Waals surface area contributed by atoms with Gasteiger partial charge in [-0.15, -0.1) is 0 Å². The lowest BCUT2D eigenvalue weighted by atomic mass is 9.85. The molecule has 0 amide bonds. The van der Waals surface area contributed by atoms with Crippen molar-refractivity contribution >= 4 is 0 Å². The summed E-state index contributed by atoms with van der Waals surface area (Å²) in [5, 5.41) is 0. The lowest BCUT2D eigenvalue weighted by Gasteiger charge is -2.32. The Bertz CT molecular complexity index is 390. The van der Waals surface area contributed by atoms with Gasteiger partial charge < -0.3 is 10.6 Å². The first-order valence-electron chi connectivity index (χ1n) is 7.86. The van der Waals surface area contributed by atoms with Crippen LogP contribution in [0.2, 0.25) is 0 Å². The Kier molecular flexibility index (Phi) is 4.19. The van der Waals surface area contributed by atoms with E-state index in [-0.39, 0.29) is 0 Å². The van der Waals surface area contributed by atoms with Crippen LogP contribution in [0.1, 0.15) is 43.6 Å². The zero-order valence-corrected chi connectivity index (χ0v) is 11.8. The smallest absolute Gasteiger partial charge is 0.00793 e. The van der Waals surface area contributed by atoms with Gasteiger partial charge in [-0.2, -0.15) is 0 Å². The minimum Gasteiger partial charge on any atom is -0.327 e. The van der Waals surface area contributed by atoms with Crippen LogP contribution >= 0.6 is 0 Å². The molecule has 1 saturated carbocycles. The van der Waals surface area contributed by atoms with E-state index in [0.717, 1.165) is 11.8 Å². The van der Waals surface area contributed by atoms with Crippen LogP contribution in [0.15, 0.2) is 30.3 Å². The maximum atomic E-state index is 6.28. The second-order valence-electron chi connectivity index (χ2n) is 6.36. The monoisotopic (exact) mass is 258 g/mol. The van der Waals surface area contributed by atoms with E-state index in [1.165, 1.54) is 57.3 Å². The molecule has 1 aliphatic carbocycles. The van der Waals surface area contributed by atoms with Crippen molar-refractivity contribution < 1.29 is 0 Å². The molecule has 3 unspecified atom stereocenters. The summed E-state index contributed by atoms with van der Waals surface area (Å²) < 4.78 is 0. The molecule has 3 atom stereocenters. The average Bonchev–Trinajstić information content (AvgIpc) is 2.91. The molecule has 1 aliphatic heterocycles. The van der Waals surface area contributed by atoms with Crippen molar-refractivity contribution in [2.24, 2.45) is 11.7 Å². The van der Waals surface area contributed by atoms with Crippen molar-refractivity contribution in [3.8, 4) is 0 Å². The van der Waals surface area contributed by atoms with Gasteiger partial charge in [-0.1, -0.05) is 43.2 Å². The summed E-state index contributed by atoms with van der Waals surface area (Å²) in [6.07, 6.45) is 6.61. The molecule has 2 nitrogen and oxygen atoms in total. The predicted molar refractivity (Wildman–Crippen MR) is 80.2 cm³/mol. The Labute approximate surface area is 117 Å². The zero-order chi connectivity index (χ0) is 13.1. The van der Waals surface area contributed by atoms with Crippen molar-refractivity contribution in [1.29, 1.82) is 0 Å². The van der Waals surface area contributed by atoms with E-state index < -0.39 is 0 Å². The third-order valence-corrected chi connectivity index (χ3v) is 5.00. The first kappa shape index (κ1) is 13.1. The van der Waals surface area contributed by atoms with E-state index >= 15 is 0 Å². The topological polar surface area (TPSA) is 29.3 Å². The van der Waals surface area contributed by atoms with Crippen LogP contribution in [-0.2, 0) is 0 Å². The highest BCUT2D eigenvalue weighted by Crippen LogP contribution is 2.30. The zero-order valence-electron chi connectivity index (χ0n) is 11.8. The second kappa shape index (κ2) is 6.06. The fourth-order valence-corrected chi connectivity index (χ4v) is 3.79. The molecule has 2 aliphatic rings. The van der Waals surface area contributed by atoms with E-state index in [1.807, 2.05) is 0 Å². The van der Waals surface area contributed by atoms with E-state index in [2.05, 4.69) is 35.2 Å².